The van der Waals surface area contributed by atoms with Gasteiger partial charge in [0.1, 0.15) is 5.03 Å². The van der Waals surface area contributed by atoms with E-state index in [1.807, 2.05) is 32.0 Å². The number of amides is 3. The second-order valence-electron chi connectivity index (χ2n) is 7.76. The predicted octanol–water partition coefficient (Wildman–Crippen LogP) is 3.53. The van der Waals surface area contributed by atoms with Crippen molar-refractivity contribution in [1.82, 2.24) is 10.3 Å². The lowest BCUT2D eigenvalue weighted by Gasteiger charge is -2.12. The van der Waals surface area contributed by atoms with Crippen LogP contribution in [0.2, 0.25) is 0 Å². The van der Waals surface area contributed by atoms with Crippen LogP contribution < -0.4 is 25.4 Å². The molecule has 3 aromatic rings. The first-order valence-electron chi connectivity index (χ1n) is 10.8. The molecule has 3 N–H and O–H groups in total. The quantitative estimate of drug-likeness (QED) is 0.412. The number of carbonyl (C=O) groups excluding carboxylic acids is 3. The molecule has 3 amide bonds. The Balaban J connectivity index is 1.31. The summed E-state index contributed by atoms with van der Waals surface area (Å²) in [4.78, 5) is 41.8. The molecule has 0 radical (unpaired) electrons. The lowest BCUT2D eigenvalue weighted by atomic mass is 10.1. The SMILES string of the molecule is Cc1cccc(C)c1NC(=O)CNC(=O)c1cccnc1SCC(=O)Nc1ccc2c(c1)OCO2. The molecule has 0 fully saturated rings. The Hall–Kier alpha value is -4.05. The average Bonchev–Trinajstić information content (AvgIpc) is 3.32. The Bertz CT molecular complexity index is 1260. The van der Waals surface area contributed by atoms with Gasteiger partial charge in [-0.05, 0) is 49.2 Å². The van der Waals surface area contributed by atoms with Crippen molar-refractivity contribution in [2.75, 3.05) is 29.7 Å². The molecule has 0 saturated carbocycles. The third-order valence-corrected chi connectivity index (χ3v) is 6.17. The van der Waals surface area contributed by atoms with Gasteiger partial charge in [0.2, 0.25) is 18.6 Å². The van der Waals surface area contributed by atoms with E-state index in [1.165, 1.54) is 0 Å². The van der Waals surface area contributed by atoms with Gasteiger partial charge in [-0.25, -0.2) is 4.98 Å². The van der Waals surface area contributed by atoms with Gasteiger partial charge in [-0.1, -0.05) is 30.0 Å². The number of fused-ring (bicyclic) bond motifs is 1. The maximum Gasteiger partial charge on any atom is 0.254 e. The molecule has 0 bridgehead atoms. The van der Waals surface area contributed by atoms with Crippen LogP contribution in [0.1, 0.15) is 21.5 Å². The van der Waals surface area contributed by atoms with Crippen molar-refractivity contribution in [3.63, 3.8) is 0 Å². The number of aryl methyl sites for hydroxylation is 2. The number of rotatable bonds is 8. The second-order valence-corrected chi connectivity index (χ2v) is 8.72. The van der Waals surface area contributed by atoms with Gasteiger partial charge in [-0.15, -0.1) is 0 Å². The Labute approximate surface area is 206 Å². The Morgan fingerprint density at radius 1 is 0.943 bits per heavy atom. The van der Waals surface area contributed by atoms with E-state index in [-0.39, 0.29) is 36.5 Å². The molecule has 2 heterocycles. The molecular formula is C25H24N4O5S. The van der Waals surface area contributed by atoms with Crippen LogP contribution in [-0.4, -0.2) is 41.8 Å². The van der Waals surface area contributed by atoms with Gasteiger partial charge in [0.25, 0.3) is 5.91 Å². The zero-order chi connectivity index (χ0) is 24.8. The summed E-state index contributed by atoms with van der Waals surface area (Å²) >= 11 is 1.13. The highest BCUT2D eigenvalue weighted by atomic mass is 32.2. The Morgan fingerprint density at radius 3 is 2.51 bits per heavy atom. The van der Waals surface area contributed by atoms with E-state index in [4.69, 9.17) is 9.47 Å². The van der Waals surface area contributed by atoms with Gasteiger partial charge < -0.3 is 25.4 Å². The van der Waals surface area contributed by atoms with Crippen molar-refractivity contribution in [1.29, 1.82) is 0 Å². The third-order valence-electron chi connectivity index (χ3n) is 5.17. The molecule has 1 aliphatic rings. The van der Waals surface area contributed by atoms with Crippen molar-refractivity contribution in [3.05, 3.63) is 71.4 Å². The molecule has 10 heteroatoms. The summed E-state index contributed by atoms with van der Waals surface area (Å²) in [6, 6.07) is 14.1. The number of carbonyl (C=O) groups is 3. The van der Waals surface area contributed by atoms with Crippen LogP contribution in [0.25, 0.3) is 0 Å². The van der Waals surface area contributed by atoms with Crippen LogP contribution in [0.5, 0.6) is 11.5 Å². The fourth-order valence-electron chi connectivity index (χ4n) is 3.43. The monoisotopic (exact) mass is 492 g/mol. The standard InChI is InChI=1S/C25H24N4O5S/c1-15-5-3-6-16(2)23(15)29-21(30)12-27-24(32)18-7-4-10-26-25(18)35-13-22(31)28-17-8-9-19-20(11-17)34-14-33-19/h3-11H,12-14H2,1-2H3,(H,27,32)(H,28,31)(H,29,30). The summed E-state index contributed by atoms with van der Waals surface area (Å²) in [7, 11) is 0. The van der Waals surface area contributed by atoms with Crippen LogP contribution >= 0.6 is 11.8 Å². The number of nitrogens with zero attached hydrogens (tertiary/aromatic N) is 1. The maximum atomic E-state index is 12.7. The number of ether oxygens (including phenoxy) is 2. The van der Waals surface area contributed by atoms with Crippen LogP contribution in [0.4, 0.5) is 11.4 Å². The highest BCUT2D eigenvalue weighted by Gasteiger charge is 2.17. The molecule has 2 aromatic carbocycles. The van der Waals surface area contributed by atoms with Crippen LogP contribution in [0, 0.1) is 13.8 Å². The molecule has 0 aliphatic carbocycles. The zero-order valence-corrected chi connectivity index (χ0v) is 20.0. The van der Waals surface area contributed by atoms with E-state index in [0.717, 1.165) is 28.6 Å². The number of anilines is 2. The Kier molecular flexibility index (Phi) is 7.51. The molecule has 9 nitrogen and oxygen atoms in total. The number of aromatic nitrogens is 1. The number of benzene rings is 2. The highest BCUT2D eigenvalue weighted by molar-refractivity contribution is 8.00. The second kappa shape index (κ2) is 10.9. The smallest absolute Gasteiger partial charge is 0.254 e. The first-order chi connectivity index (χ1) is 16.9. The minimum absolute atomic E-state index is 0.0405. The molecule has 180 valence electrons. The molecule has 4 rings (SSSR count). The summed E-state index contributed by atoms with van der Waals surface area (Å²) < 4.78 is 10.6. The normalized spacial score (nSPS) is 11.6. The minimum Gasteiger partial charge on any atom is -0.454 e. The van der Waals surface area contributed by atoms with Gasteiger partial charge in [0, 0.05) is 23.6 Å². The average molecular weight is 493 g/mol. The summed E-state index contributed by atoms with van der Waals surface area (Å²) in [5, 5.41) is 8.63. The van der Waals surface area contributed by atoms with Gasteiger partial charge in [0.05, 0.1) is 17.9 Å². The molecule has 0 atom stereocenters. The van der Waals surface area contributed by atoms with Crippen molar-refractivity contribution in [2.24, 2.45) is 0 Å². The van der Waals surface area contributed by atoms with E-state index in [0.29, 0.717) is 22.2 Å². The van der Waals surface area contributed by atoms with Gasteiger partial charge in [-0.3, -0.25) is 14.4 Å². The van der Waals surface area contributed by atoms with Gasteiger partial charge in [-0.2, -0.15) is 0 Å². The lowest BCUT2D eigenvalue weighted by Crippen LogP contribution is -2.33. The first kappa shape index (κ1) is 24.1. The number of pyridine rings is 1. The lowest BCUT2D eigenvalue weighted by molar-refractivity contribution is -0.115. The summed E-state index contributed by atoms with van der Waals surface area (Å²) in [6.45, 7) is 3.77. The molecular weight excluding hydrogens is 468 g/mol. The zero-order valence-electron chi connectivity index (χ0n) is 19.2. The number of nitrogens with one attached hydrogen (secondary N) is 3. The van der Waals surface area contributed by atoms with E-state index in [1.54, 1.807) is 36.5 Å². The van der Waals surface area contributed by atoms with Gasteiger partial charge in [0.15, 0.2) is 11.5 Å². The van der Waals surface area contributed by atoms with Crippen LogP contribution in [0.3, 0.4) is 0 Å². The summed E-state index contributed by atoms with van der Waals surface area (Å²) in [5.41, 5.74) is 3.48. The first-order valence-corrected chi connectivity index (χ1v) is 11.8. The molecule has 0 saturated heterocycles. The number of hydrogen-bond acceptors (Lipinski definition) is 7. The van der Waals surface area contributed by atoms with Crippen molar-refractivity contribution in [3.8, 4) is 11.5 Å². The van der Waals surface area contributed by atoms with E-state index in [2.05, 4.69) is 20.9 Å². The summed E-state index contributed by atoms with van der Waals surface area (Å²) in [5.74, 6) is 0.188. The third kappa shape index (κ3) is 6.10. The molecule has 35 heavy (non-hydrogen) atoms. The largest absolute Gasteiger partial charge is 0.454 e. The van der Waals surface area contributed by atoms with Gasteiger partial charge >= 0.3 is 0 Å². The Morgan fingerprint density at radius 2 is 1.71 bits per heavy atom. The maximum absolute atomic E-state index is 12.7. The number of hydrogen-bond donors (Lipinski definition) is 3. The molecule has 0 unspecified atom stereocenters. The molecule has 1 aromatic heterocycles. The van der Waals surface area contributed by atoms with E-state index in [9.17, 15) is 14.4 Å². The van der Waals surface area contributed by atoms with Crippen molar-refractivity contribution < 1.29 is 23.9 Å². The minimum atomic E-state index is -0.451. The fourth-order valence-corrected chi connectivity index (χ4v) is 4.23. The predicted molar refractivity (Wildman–Crippen MR) is 133 cm³/mol. The van der Waals surface area contributed by atoms with Crippen molar-refractivity contribution >= 4 is 40.9 Å². The topological polar surface area (TPSA) is 119 Å². The molecule has 1 aliphatic heterocycles. The van der Waals surface area contributed by atoms with Crippen molar-refractivity contribution in [2.45, 2.75) is 18.9 Å². The highest BCUT2D eigenvalue weighted by Crippen LogP contribution is 2.34. The van der Waals surface area contributed by atoms with E-state index < -0.39 is 5.91 Å². The number of thioether (sulfide) groups is 1. The number of para-hydroxylation sites is 1. The fraction of sp³-hybridized carbons (Fsp3) is 0.200. The van der Waals surface area contributed by atoms with Crippen LogP contribution in [0.15, 0.2) is 59.8 Å². The summed E-state index contributed by atoms with van der Waals surface area (Å²) in [6.07, 6.45) is 1.54. The van der Waals surface area contributed by atoms with Crippen LogP contribution in [-0.2, 0) is 9.59 Å². The molecule has 0 spiro atoms. The van der Waals surface area contributed by atoms with E-state index >= 15 is 0 Å².